The van der Waals surface area contributed by atoms with Crippen LogP contribution in [0.15, 0.2) is 36.4 Å². The summed E-state index contributed by atoms with van der Waals surface area (Å²) in [6.45, 7) is 2.15. The van der Waals surface area contributed by atoms with Crippen LogP contribution in [0, 0.1) is 0 Å². The summed E-state index contributed by atoms with van der Waals surface area (Å²) in [5, 5.41) is 7.40. The van der Waals surface area contributed by atoms with Gasteiger partial charge in [-0.15, -0.1) is 11.3 Å². The normalized spacial score (nSPS) is 17.5. The fraction of sp³-hybridized carbons (Fsp3) is 0.267. The molecular weight excluding hydrogens is 256 g/mol. The lowest BCUT2D eigenvalue weighted by Crippen LogP contribution is -2.37. The number of carbonyl (C=O) groups is 1. The SMILES string of the molecule is CCCc1cc2c(s1)N[C@@H](c1ccccc1)NC2=O. The maximum absolute atomic E-state index is 12.1. The van der Waals surface area contributed by atoms with Crippen LogP contribution in [0.1, 0.15) is 40.3 Å². The minimum absolute atomic E-state index is 0.0150. The Morgan fingerprint density at radius 1 is 1.21 bits per heavy atom. The number of aryl methyl sites for hydroxylation is 1. The molecule has 2 aromatic rings. The Bertz CT molecular complexity index is 591. The van der Waals surface area contributed by atoms with E-state index in [9.17, 15) is 4.79 Å². The Balaban J connectivity index is 1.89. The first-order chi connectivity index (χ1) is 9.28. The van der Waals surface area contributed by atoms with Crippen molar-refractivity contribution >= 4 is 22.2 Å². The van der Waals surface area contributed by atoms with E-state index in [-0.39, 0.29) is 12.1 Å². The molecule has 1 atom stereocenters. The van der Waals surface area contributed by atoms with Crippen LogP contribution < -0.4 is 10.6 Å². The highest BCUT2D eigenvalue weighted by Crippen LogP contribution is 2.34. The predicted octanol–water partition coefficient (Wildman–Crippen LogP) is 3.55. The van der Waals surface area contributed by atoms with Crippen LogP contribution in [0.4, 0.5) is 5.00 Å². The van der Waals surface area contributed by atoms with Crippen molar-refractivity contribution in [3.63, 3.8) is 0 Å². The molecule has 0 aliphatic carbocycles. The number of hydrogen-bond acceptors (Lipinski definition) is 3. The van der Waals surface area contributed by atoms with Crippen molar-refractivity contribution < 1.29 is 4.79 Å². The summed E-state index contributed by atoms with van der Waals surface area (Å²) >= 11 is 1.69. The average Bonchev–Trinajstić information content (AvgIpc) is 2.83. The van der Waals surface area contributed by atoms with Crippen LogP contribution in [-0.4, -0.2) is 5.91 Å². The minimum atomic E-state index is -0.130. The summed E-state index contributed by atoms with van der Waals surface area (Å²) in [5.41, 5.74) is 1.85. The molecule has 1 aliphatic heterocycles. The molecule has 0 fully saturated rings. The van der Waals surface area contributed by atoms with E-state index >= 15 is 0 Å². The Morgan fingerprint density at radius 2 is 2.00 bits per heavy atom. The zero-order valence-corrected chi connectivity index (χ0v) is 11.6. The van der Waals surface area contributed by atoms with Crippen molar-refractivity contribution in [1.29, 1.82) is 0 Å². The van der Waals surface area contributed by atoms with Gasteiger partial charge in [0.05, 0.1) is 5.56 Å². The molecule has 3 nitrogen and oxygen atoms in total. The van der Waals surface area contributed by atoms with Crippen LogP contribution in [0.3, 0.4) is 0 Å². The van der Waals surface area contributed by atoms with Crippen LogP contribution in [0.5, 0.6) is 0 Å². The monoisotopic (exact) mass is 272 g/mol. The molecule has 0 radical (unpaired) electrons. The molecule has 1 aliphatic rings. The Morgan fingerprint density at radius 3 is 2.74 bits per heavy atom. The molecule has 2 heterocycles. The predicted molar refractivity (Wildman–Crippen MR) is 78.6 cm³/mol. The van der Waals surface area contributed by atoms with E-state index < -0.39 is 0 Å². The third kappa shape index (κ3) is 2.36. The van der Waals surface area contributed by atoms with Gasteiger partial charge in [-0.2, -0.15) is 0 Å². The number of benzene rings is 1. The summed E-state index contributed by atoms with van der Waals surface area (Å²) in [6.07, 6.45) is 2.00. The van der Waals surface area contributed by atoms with Gasteiger partial charge in [-0.3, -0.25) is 4.79 Å². The number of anilines is 1. The second-order valence-corrected chi connectivity index (χ2v) is 5.80. The van der Waals surface area contributed by atoms with E-state index in [1.807, 2.05) is 36.4 Å². The van der Waals surface area contributed by atoms with Crippen molar-refractivity contribution in [3.05, 3.63) is 52.4 Å². The van der Waals surface area contributed by atoms with Crippen molar-refractivity contribution in [3.8, 4) is 0 Å². The van der Waals surface area contributed by atoms with Gasteiger partial charge in [-0.25, -0.2) is 0 Å². The molecule has 98 valence electrons. The van der Waals surface area contributed by atoms with Crippen LogP contribution in [0.25, 0.3) is 0 Å². The summed E-state index contributed by atoms with van der Waals surface area (Å²) in [6, 6.07) is 12.0. The molecule has 2 N–H and O–H groups in total. The number of rotatable bonds is 3. The average molecular weight is 272 g/mol. The maximum Gasteiger partial charge on any atom is 0.256 e. The van der Waals surface area contributed by atoms with Gasteiger partial charge < -0.3 is 10.6 Å². The highest BCUT2D eigenvalue weighted by atomic mass is 32.1. The van der Waals surface area contributed by atoms with Crippen molar-refractivity contribution in [2.75, 3.05) is 5.32 Å². The largest absolute Gasteiger partial charge is 0.353 e. The van der Waals surface area contributed by atoms with Crippen molar-refractivity contribution in [2.45, 2.75) is 25.9 Å². The third-order valence-corrected chi connectivity index (χ3v) is 4.33. The lowest BCUT2D eigenvalue weighted by atomic mass is 10.1. The molecule has 1 aromatic carbocycles. The summed E-state index contributed by atoms with van der Waals surface area (Å²) < 4.78 is 0. The molecule has 0 spiro atoms. The molecule has 0 saturated carbocycles. The minimum Gasteiger partial charge on any atom is -0.353 e. The molecule has 0 bridgehead atoms. The van der Waals surface area contributed by atoms with Gasteiger partial charge in [0.15, 0.2) is 0 Å². The molecule has 3 rings (SSSR count). The Kier molecular flexibility index (Phi) is 3.25. The zero-order valence-electron chi connectivity index (χ0n) is 10.8. The third-order valence-electron chi connectivity index (χ3n) is 3.21. The van der Waals surface area contributed by atoms with E-state index in [2.05, 4.69) is 17.6 Å². The number of amides is 1. The van der Waals surface area contributed by atoms with Crippen LogP contribution >= 0.6 is 11.3 Å². The number of carbonyl (C=O) groups excluding carboxylic acids is 1. The smallest absolute Gasteiger partial charge is 0.256 e. The first kappa shape index (κ1) is 12.2. The van der Waals surface area contributed by atoms with Gasteiger partial charge in [-0.05, 0) is 18.1 Å². The fourth-order valence-corrected chi connectivity index (χ4v) is 3.46. The van der Waals surface area contributed by atoms with Gasteiger partial charge >= 0.3 is 0 Å². The Hall–Kier alpha value is -1.81. The molecule has 4 heteroatoms. The summed E-state index contributed by atoms with van der Waals surface area (Å²) in [5.74, 6) is 0.0150. The maximum atomic E-state index is 12.1. The highest BCUT2D eigenvalue weighted by Gasteiger charge is 2.26. The standard InChI is InChI=1S/C15H16N2OS/c1-2-6-11-9-12-14(18)16-13(17-15(12)19-11)10-7-4-3-5-8-10/h3-5,7-9,13,17H,2,6H2,1H3,(H,16,18)/t13-/m0/s1. The lowest BCUT2D eigenvalue weighted by Gasteiger charge is -2.25. The molecule has 1 amide bonds. The van der Waals surface area contributed by atoms with E-state index in [0.29, 0.717) is 0 Å². The number of hydrogen-bond donors (Lipinski definition) is 2. The molecule has 0 saturated heterocycles. The summed E-state index contributed by atoms with van der Waals surface area (Å²) in [4.78, 5) is 13.4. The number of fused-ring (bicyclic) bond motifs is 1. The van der Waals surface area contributed by atoms with E-state index in [4.69, 9.17) is 0 Å². The first-order valence-electron chi connectivity index (χ1n) is 6.53. The molecule has 1 aromatic heterocycles. The van der Waals surface area contributed by atoms with E-state index in [1.165, 1.54) is 4.88 Å². The number of nitrogens with one attached hydrogen (secondary N) is 2. The fourth-order valence-electron chi connectivity index (χ4n) is 2.28. The van der Waals surface area contributed by atoms with Crippen molar-refractivity contribution in [1.82, 2.24) is 5.32 Å². The van der Waals surface area contributed by atoms with E-state index in [0.717, 1.165) is 29.0 Å². The molecule has 19 heavy (non-hydrogen) atoms. The van der Waals surface area contributed by atoms with Gasteiger partial charge in [-0.1, -0.05) is 43.7 Å². The van der Waals surface area contributed by atoms with Gasteiger partial charge in [0, 0.05) is 4.88 Å². The molecular formula is C15H16N2OS. The van der Waals surface area contributed by atoms with E-state index in [1.54, 1.807) is 11.3 Å². The van der Waals surface area contributed by atoms with Gasteiger partial charge in [0.1, 0.15) is 11.2 Å². The van der Waals surface area contributed by atoms with Crippen LogP contribution in [0.2, 0.25) is 0 Å². The lowest BCUT2D eigenvalue weighted by molar-refractivity contribution is 0.0936. The molecule has 0 unspecified atom stereocenters. The first-order valence-corrected chi connectivity index (χ1v) is 7.34. The summed E-state index contributed by atoms with van der Waals surface area (Å²) in [7, 11) is 0. The second kappa shape index (κ2) is 5.05. The van der Waals surface area contributed by atoms with Crippen LogP contribution in [-0.2, 0) is 6.42 Å². The van der Waals surface area contributed by atoms with Gasteiger partial charge in [0.2, 0.25) is 0 Å². The highest BCUT2D eigenvalue weighted by molar-refractivity contribution is 7.16. The topological polar surface area (TPSA) is 41.1 Å². The second-order valence-electron chi connectivity index (χ2n) is 4.67. The quantitative estimate of drug-likeness (QED) is 0.897. The number of thiophene rings is 1. The van der Waals surface area contributed by atoms with Crippen molar-refractivity contribution in [2.24, 2.45) is 0 Å². The zero-order chi connectivity index (χ0) is 13.2. The van der Waals surface area contributed by atoms with Gasteiger partial charge in [0.25, 0.3) is 5.91 Å². The Labute approximate surface area is 116 Å².